The van der Waals surface area contributed by atoms with Crippen LogP contribution in [0.25, 0.3) is 0 Å². The average molecular weight is 240 g/mol. The minimum Gasteiger partial charge on any atom is -0.383 e. The molecule has 1 aliphatic carbocycles. The first-order valence-corrected chi connectivity index (χ1v) is 6.67. The number of nitrogen functional groups attached to an aromatic ring is 1. The lowest BCUT2D eigenvalue weighted by molar-refractivity contribution is -0.0579. The normalized spacial score (nSPS) is 30.6. The third-order valence-corrected chi connectivity index (χ3v) is 4.74. The summed E-state index contributed by atoms with van der Waals surface area (Å²) in [7, 11) is 1.80. The van der Waals surface area contributed by atoms with E-state index in [-0.39, 0.29) is 5.60 Å². The molecule has 2 unspecified atom stereocenters. The van der Waals surface area contributed by atoms with Crippen molar-refractivity contribution < 1.29 is 4.74 Å². The van der Waals surface area contributed by atoms with E-state index in [9.17, 15) is 0 Å². The Morgan fingerprint density at radius 2 is 2.31 bits per heavy atom. The van der Waals surface area contributed by atoms with E-state index in [0.29, 0.717) is 11.7 Å². The van der Waals surface area contributed by atoms with Crippen LogP contribution < -0.4 is 5.73 Å². The first-order chi connectivity index (χ1) is 7.57. The number of ether oxygens (including phenoxy) is 1. The third kappa shape index (κ3) is 1.96. The molecule has 3 nitrogen and oxygen atoms in total. The molecule has 0 spiro atoms. The molecule has 1 saturated carbocycles. The van der Waals surface area contributed by atoms with Crippen molar-refractivity contribution in [3.8, 4) is 0 Å². The zero-order valence-corrected chi connectivity index (χ0v) is 11.1. The Labute approximate surface area is 101 Å². The molecule has 1 heterocycles. The number of hydrogen-bond donors (Lipinski definition) is 1. The lowest BCUT2D eigenvalue weighted by atomic mass is 9.79. The molecule has 4 heteroatoms. The molecule has 2 atom stereocenters. The Balaban J connectivity index is 2.33. The molecule has 0 amide bonds. The number of hydrogen-bond acceptors (Lipinski definition) is 4. The Bertz CT molecular complexity index is 358. The van der Waals surface area contributed by atoms with E-state index in [4.69, 9.17) is 10.5 Å². The Kier molecular flexibility index (Phi) is 3.22. The predicted octanol–water partition coefficient (Wildman–Crippen LogP) is 3.09. The highest BCUT2D eigenvalue weighted by atomic mass is 32.1. The number of anilines is 1. The largest absolute Gasteiger partial charge is 0.383 e. The maximum absolute atomic E-state index is 5.84. The number of aromatic nitrogens is 1. The molecule has 1 aromatic rings. The first kappa shape index (κ1) is 11.9. The van der Waals surface area contributed by atoms with Crippen LogP contribution in [0, 0.1) is 12.8 Å². The summed E-state index contributed by atoms with van der Waals surface area (Å²) in [5.41, 5.74) is 5.66. The second-order valence-electron chi connectivity index (χ2n) is 4.86. The molecule has 1 aliphatic rings. The second-order valence-corrected chi connectivity index (χ2v) is 6.06. The molecule has 90 valence electrons. The van der Waals surface area contributed by atoms with Crippen LogP contribution in [-0.4, -0.2) is 12.1 Å². The van der Waals surface area contributed by atoms with Gasteiger partial charge in [-0.3, -0.25) is 0 Å². The number of methoxy groups -OCH3 is 1. The Morgan fingerprint density at radius 1 is 1.56 bits per heavy atom. The van der Waals surface area contributed by atoms with Gasteiger partial charge in [0.15, 0.2) is 0 Å². The van der Waals surface area contributed by atoms with Crippen molar-refractivity contribution >= 4 is 17.2 Å². The van der Waals surface area contributed by atoms with Gasteiger partial charge in [0.1, 0.15) is 16.4 Å². The second kappa shape index (κ2) is 4.34. The number of nitrogens with two attached hydrogens (primary N) is 1. The quantitative estimate of drug-likeness (QED) is 0.864. The van der Waals surface area contributed by atoms with E-state index in [1.165, 1.54) is 12.8 Å². The zero-order chi connectivity index (χ0) is 11.8. The van der Waals surface area contributed by atoms with E-state index in [1.807, 2.05) is 6.92 Å². The van der Waals surface area contributed by atoms with Crippen LogP contribution in [0.5, 0.6) is 0 Å². The fraction of sp³-hybridized carbons (Fsp3) is 0.750. The van der Waals surface area contributed by atoms with Crippen LogP contribution in [0.4, 0.5) is 5.82 Å². The van der Waals surface area contributed by atoms with Gasteiger partial charge in [0.2, 0.25) is 0 Å². The molecule has 1 aromatic heterocycles. The highest BCUT2D eigenvalue weighted by molar-refractivity contribution is 7.12. The summed E-state index contributed by atoms with van der Waals surface area (Å²) in [5.74, 6) is 1.37. The first-order valence-electron chi connectivity index (χ1n) is 5.86. The average Bonchev–Trinajstić information content (AvgIpc) is 2.59. The van der Waals surface area contributed by atoms with Crippen LogP contribution in [0.3, 0.4) is 0 Å². The fourth-order valence-corrected chi connectivity index (χ4v) is 3.61. The van der Waals surface area contributed by atoms with Crippen LogP contribution in [-0.2, 0) is 10.3 Å². The monoisotopic (exact) mass is 240 g/mol. The predicted molar refractivity (Wildman–Crippen MR) is 67.6 cm³/mol. The topological polar surface area (TPSA) is 48.1 Å². The maximum Gasteiger partial charge on any atom is 0.137 e. The summed E-state index contributed by atoms with van der Waals surface area (Å²) in [6, 6.07) is 0. The van der Waals surface area contributed by atoms with Crippen molar-refractivity contribution in [1.29, 1.82) is 0 Å². The van der Waals surface area contributed by atoms with Gasteiger partial charge >= 0.3 is 0 Å². The van der Waals surface area contributed by atoms with Crippen molar-refractivity contribution in [2.45, 2.75) is 45.1 Å². The fourth-order valence-electron chi connectivity index (χ4n) is 2.57. The number of nitrogens with zero attached hydrogens (tertiary/aromatic N) is 1. The summed E-state index contributed by atoms with van der Waals surface area (Å²) >= 11 is 1.69. The molecule has 0 aliphatic heterocycles. The number of thiazole rings is 1. The highest BCUT2D eigenvalue weighted by Gasteiger charge is 2.39. The van der Waals surface area contributed by atoms with Crippen molar-refractivity contribution in [3.05, 3.63) is 9.88 Å². The molecule has 1 fully saturated rings. The molecule has 16 heavy (non-hydrogen) atoms. The minimum atomic E-state index is -0.176. The molecule has 0 aromatic carbocycles. The van der Waals surface area contributed by atoms with Gasteiger partial charge in [-0.25, -0.2) is 4.98 Å². The summed E-state index contributed by atoms with van der Waals surface area (Å²) in [6.45, 7) is 4.31. The lowest BCUT2D eigenvalue weighted by Crippen LogP contribution is -2.34. The molecular formula is C12H20N2OS. The summed E-state index contributed by atoms with van der Waals surface area (Å²) < 4.78 is 5.80. The van der Waals surface area contributed by atoms with Gasteiger partial charge in [0, 0.05) is 12.0 Å². The van der Waals surface area contributed by atoms with E-state index in [0.717, 1.165) is 22.7 Å². The highest BCUT2D eigenvalue weighted by Crippen LogP contribution is 2.44. The van der Waals surface area contributed by atoms with Gasteiger partial charge < -0.3 is 10.5 Å². The van der Waals surface area contributed by atoms with Gasteiger partial charge in [-0.05, 0) is 32.1 Å². The van der Waals surface area contributed by atoms with Crippen LogP contribution in [0.15, 0.2) is 0 Å². The zero-order valence-electron chi connectivity index (χ0n) is 10.2. The van der Waals surface area contributed by atoms with E-state index in [2.05, 4.69) is 11.9 Å². The smallest absolute Gasteiger partial charge is 0.137 e. The molecular weight excluding hydrogens is 220 g/mol. The lowest BCUT2D eigenvalue weighted by Gasteiger charge is -2.37. The SMILES string of the molecule is COC1(c2nc(N)c(C)s2)CCCC(C)C1. The van der Waals surface area contributed by atoms with Crippen molar-refractivity contribution in [2.75, 3.05) is 12.8 Å². The maximum atomic E-state index is 5.84. The van der Waals surface area contributed by atoms with Crippen LogP contribution in [0.1, 0.15) is 42.5 Å². The summed E-state index contributed by atoms with van der Waals surface area (Å²) in [5, 5.41) is 1.07. The van der Waals surface area contributed by atoms with Crippen LogP contribution in [0.2, 0.25) is 0 Å². The summed E-state index contributed by atoms with van der Waals surface area (Å²) in [4.78, 5) is 5.58. The third-order valence-electron chi connectivity index (χ3n) is 3.57. The van der Waals surface area contributed by atoms with Gasteiger partial charge in [0.25, 0.3) is 0 Å². The Hall–Kier alpha value is -0.610. The van der Waals surface area contributed by atoms with Crippen LogP contribution >= 0.6 is 11.3 Å². The standard InChI is InChI=1S/C12H20N2OS/c1-8-5-4-6-12(7-8,15-3)11-14-10(13)9(2)16-11/h8H,4-7,13H2,1-3H3. The Morgan fingerprint density at radius 3 is 2.81 bits per heavy atom. The molecule has 2 rings (SSSR count). The van der Waals surface area contributed by atoms with Crippen molar-refractivity contribution in [3.63, 3.8) is 0 Å². The van der Waals surface area contributed by atoms with Crippen molar-refractivity contribution in [2.24, 2.45) is 5.92 Å². The molecule has 2 N–H and O–H groups in total. The molecule has 0 saturated heterocycles. The number of rotatable bonds is 2. The van der Waals surface area contributed by atoms with Gasteiger partial charge in [-0.15, -0.1) is 11.3 Å². The van der Waals surface area contributed by atoms with Gasteiger partial charge in [-0.1, -0.05) is 13.3 Å². The molecule has 0 radical (unpaired) electrons. The van der Waals surface area contributed by atoms with E-state index in [1.54, 1.807) is 18.4 Å². The van der Waals surface area contributed by atoms with Gasteiger partial charge in [-0.2, -0.15) is 0 Å². The summed E-state index contributed by atoms with van der Waals surface area (Å²) in [6.07, 6.45) is 4.65. The minimum absolute atomic E-state index is 0.176. The van der Waals surface area contributed by atoms with Gasteiger partial charge in [0.05, 0.1) is 0 Å². The molecule has 0 bridgehead atoms. The van der Waals surface area contributed by atoms with E-state index >= 15 is 0 Å². The van der Waals surface area contributed by atoms with Crippen molar-refractivity contribution in [1.82, 2.24) is 4.98 Å². The van der Waals surface area contributed by atoms with E-state index < -0.39 is 0 Å². The number of aryl methyl sites for hydroxylation is 1.